The minimum absolute atomic E-state index is 0.121. The molecule has 0 aromatic heterocycles. The predicted octanol–water partition coefficient (Wildman–Crippen LogP) is 1.45. The van der Waals surface area contributed by atoms with Crippen LogP contribution in [0.5, 0.6) is 0 Å². The number of hydrogen-bond acceptors (Lipinski definition) is 3. The second kappa shape index (κ2) is 4.60. The maximum Gasteiger partial charge on any atom is 0.199 e. The molecule has 0 fully saturated rings. The molecular weight excluding hydrogens is 178 g/mol. The largest absolute Gasteiger partial charge is 0.485 e. The van der Waals surface area contributed by atoms with E-state index in [-0.39, 0.29) is 11.9 Å². The smallest absolute Gasteiger partial charge is 0.199 e. The van der Waals surface area contributed by atoms with Crippen LogP contribution in [0.3, 0.4) is 0 Å². The average molecular weight is 197 g/mol. The van der Waals surface area contributed by atoms with Gasteiger partial charge in [0.2, 0.25) is 0 Å². The van der Waals surface area contributed by atoms with E-state index in [0.29, 0.717) is 12.5 Å². The molecule has 0 aromatic carbocycles. The van der Waals surface area contributed by atoms with Crippen LogP contribution in [0, 0.1) is 5.92 Å². The van der Waals surface area contributed by atoms with Gasteiger partial charge in [0.1, 0.15) is 5.76 Å². The first-order valence-electron chi connectivity index (χ1n) is 5.05. The van der Waals surface area contributed by atoms with Gasteiger partial charge in [-0.15, -0.1) is 0 Å². The molecule has 1 heterocycles. The van der Waals surface area contributed by atoms with Gasteiger partial charge in [0.05, 0.1) is 6.54 Å². The topological polar surface area (TPSA) is 29.5 Å². The zero-order chi connectivity index (χ0) is 10.7. The van der Waals surface area contributed by atoms with Crippen molar-refractivity contribution in [2.24, 2.45) is 5.92 Å². The number of rotatable bonds is 4. The van der Waals surface area contributed by atoms with Crippen LogP contribution in [-0.2, 0) is 9.53 Å². The maximum atomic E-state index is 11.5. The molecule has 0 aliphatic carbocycles. The van der Waals surface area contributed by atoms with E-state index >= 15 is 0 Å². The molecule has 3 heteroatoms. The maximum absolute atomic E-state index is 11.5. The third-order valence-electron chi connectivity index (χ3n) is 2.07. The standard InChI is InChI=1S/C11H19NO2/c1-8(2)5-11-10(13)6-9(14-11)7-12(3)4/h6,8,11H,5,7H2,1-4H3. The van der Waals surface area contributed by atoms with E-state index in [1.165, 1.54) is 0 Å². The molecule has 0 aromatic rings. The van der Waals surface area contributed by atoms with Crippen molar-refractivity contribution in [2.45, 2.75) is 26.4 Å². The summed E-state index contributed by atoms with van der Waals surface area (Å²) in [5, 5.41) is 0. The first-order chi connectivity index (χ1) is 6.49. The number of hydrogen-bond donors (Lipinski definition) is 0. The molecule has 14 heavy (non-hydrogen) atoms. The predicted molar refractivity (Wildman–Crippen MR) is 56.0 cm³/mol. The normalized spacial score (nSPS) is 21.7. The van der Waals surface area contributed by atoms with E-state index < -0.39 is 0 Å². The molecule has 3 nitrogen and oxygen atoms in total. The molecule has 1 atom stereocenters. The van der Waals surface area contributed by atoms with Gasteiger partial charge in [-0.25, -0.2) is 0 Å². The van der Waals surface area contributed by atoms with Crippen molar-refractivity contribution in [1.29, 1.82) is 0 Å². The van der Waals surface area contributed by atoms with Crippen molar-refractivity contribution in [2.75, 3.05) is 20.6 Å². The van der Waals surface area contributed by atoms with Crippen molar-refractivity contribution in [3.05, 3.63) is 11.8 Å². The van der Waals surface area contributed by atoms with Crippen molar-refractivity contribution in [1.82, 2.24) is 4.90 Å². The summed E-state index contributed by atoms with van der Waals surface area (Å²) in [7, 11) is 3.93. The first kappa shape index (κ1) is 11.2. The fraction of sp³-hybridized carbons (Fsp3) is 0.727. The summed E-state index contributed by atoms with van der Waals surface area (Å²) in [6.07, 6.45) is 2.21. The van der Waals surface area contributed by atoms with Crippen molar-refractivity contribution in [3.63, 3.8) is 0 Å². The highest BCUT2D eigenvalue weighted by atomic mass is 16.5. The molecule has 1 rings (SSSR count). The van der Waals surface area contributed by atoms with Crippen LogP contribution in [0.25, 0.3) is 0 Å². The summed E-state index contributed by atoms with van der Waals surface area (Å²) >= 11 is 0. The van der Waals surface area contributed by atoms with E-state index in [9.17, 15) is 4.79 Å². The van der Waals surface area contributed by atoms with Crippen molar-refractivity contribution in [3.8, 4) is 0 Å². The van der Waals surface area contributed by atoms with Gasteiger partial charge in [-0.1, -0.05) is 13.8 Å². The number of carbonyl (C=O) groups excluding carboxylic acids is 1. The van der Waals surface area contributed by atoms with Crippen LogP contribution in [0.1, 0.15) is 20.3 Å². The molecule has 1 unspecified atom stereocenters. The SMILES string of the molecule is CC(C)CC1OC(CN(C)C)=CC1=O. The van der Waals surface area contributed by atoms with Crippen molar-refractivity contribution < 1.29 is 9.53 Å². The monoisotopic (exact) mass is 197 g/mol. The summed E-state index contributed by atoms with van der Waals surface area (Å²) < 4.78 is 5.57. The fourth-order valence-corrected chi connectivity index (χ4v) is 1.51. The third-order valence-corrected chi connectivity index (χ3v) is 2.07. The Morgan fingerprint density at radius 3 is 2.64 bits per heavy atom. The zero-order valence-corrected chi connectivity index (χ0v) is 9.41. The van der Waals surface area contributed by atoms with E-state index in [1.54, 1.807) is 6.08 Å². The molecule has 0 saturated carbocycles. The highest BCUT2D eigenvalue weighted by Gasteiger charge is 2.27. The summed E-state index contributed by atoms with van der Waals surface area (Å²) in [6.45, 7) is 4.90. The van der Waals surface area contributed by atoms with Gasteiger partial charge in [0.15, 0.2) is 11.9 Å². The Morgan fingerprint density at radius 1 is 1.50 bits per heavy atom. The van der Waals surface area contributed by atoms with Crippen molar-refractivity contribution >= 4 is 5.78 Å². The molecule has 0 radical (unpaired) electrons. The number of nitrogens with zero attached hydrogens (tertiary/aromatic N) is 1. The summed E-state index contributed by atoms with van der Waals surface area (Å²) in [6, 6.07) is 0. The lowest BCUT2D eigenvalue weighted by Gasteiger charge is -2.15. The molecule has 1 aliphatic heterocycles. The number of carbonyl (C=O) groups is 1. The van der Waals surface area contributed by atoms with Crippen LogP contribution >= 0.6 is 0 Å². The highest BCUT2D eigenvalue weighted by molar-refractivity contribution is 5.95. The molecule has 1 aliphatic rings. The van der Waals surface area contributed by atoms with Gasteiger partial charge in [-0.2, -0.15) is 0 Å². The van der Waals surface area contributed by atoms with Gasteiger partial charge in [-0.05, 0) is 26.4 Å². The number of ether oxygens (including phenoxy) is 1. The molecular formula is C11H19NO2. The van der Waals surface area contributed by atoms with E-state index in [2.05, 4.69) is 13.8 Å². The van der Waals surface area contributed by atoms with Gasteiger partial charge >= 0.3 is 0 Å². The van der Waals surface area contributed by atoms with E-state index in [4.69, 9.17) is 4.74 Å². The lowest BCUT2D eigenvalue weighted by molar-refractivity contribution is -0.121. The quantitative estimate of drug-likeness (QED) is 0.683. The Hall–Kier alpha value is -0.830. The molecule has 80 valence electrons. The third kappa shape index (κ3) is 3.14. The van der Waals surface area contributed by atoms with Gasteiger partial charge in [0.25, 0.3) is 0 Å². The number of ketones is 1. The fourth-order valence-electron chi connectivity index (χ4n) is 1.51. The first-order valence-corrected chi connectivity index (χ1v) is 5.05. The lowest BCUT2D eigenvalue weighted by atomic mass is 10.0. The Morgan fingerprint density at radius 2 is 2.14 bits per heavy atom. The zero-order valence-electron chi connectivity index (χ0n) is 9.41. The molecule has 0 spiro atoms. The Kier molecular flexibility index (Phi) is 3.69. The molecule has 0 saturated heterocycles. The second-order valence-electron chi connectivity index (χ2n) is 4.49. The van der Waals surface area contributed by atoms with Gasteiger partial charge in [-0.3, -0.25) is 4.79 Å². The molecule has 0 amide bonds. The van der Waals surface area contributed by atoms with Crippen LogP contribution in [0.2, 0.25) is 0 Å². The minimum Gasteiger partial charge on any atom is -0.485 e. The van der Waals surface area contributed by atoms with Crippen LogP contribution in [-0.4, -0.2) is 37.4 Å². The van der Waals surface area contributed by atoms with Crippen LogP contribution in [0.15, 0.2) is 11.8 Å². The molecule has 0 N–H and O–H groups in total. The minimum atomic E-state index is -0.232. The second-order valence-corrected chi connectivity index (χ2v) is 4.49. The molecule has 0 bridgehead atoms. The van der Waals surface area contributed by atoms with Gasteiger partial charge in [0, 0.05) is 6.08 Å². The average Bonchev–Trinajstić information content (AvgIpc) is 2.28. The van der Waals surface area contributed by atoms with Crippen LogP contribution in [0.4, 0.5) is 0 Å². The van der Waals surface area contributed by atoms with E-state index in [0.717, 1.165) is 12.2 Å². The summed E-state index contributed by atoms with van der Waals surface area (Å²) in [5.74, 6) is 1.41. The summed E-state index contributed by atoms with van der Waals surface area (Å²) in [4.78, 5) is 13.5. The highest BCUT2D eigenvalue weighted by Crippen LogP contribution is 2.20. The Balaban J connectivity index is 2.47. The van der Waals surface area contributed by atoms with Crippen LogP contribution < -0.4 is 0 Å². The lowest BCUT2D eigenvalue weighted by Crippen LogP contribution is -2.20. The Labute approximate surface area is 85.7 Å². The Bertz CT molecular complexity index is 244. The summed E-state index contributed by atoms with van der Waals surface area (Å²) in [5.41, 5.74) is 0. The van der Waals surface area contributed by atoms with E-state index in [1.807, 2.05) is 19.0 Å². The van der Waals surface area contributed by atoms with Gasteiger partial charge < -0.3 is 9.64 Å². The number of likely N-dealkylation sites (N-methyl/N-ethyl adjacent to an activating group) is 1.